The Hall–Kier alpha value is -1.07. The fourth-order valence-corrected chi connectivity index (χ4v) is 1.88. The molecule has 0 aliphatic carbocycles. The largest absolute Gasteiger partial charge is 0.506 e. The van der Waals surface area contributed by atoms with Crippen molar-refractivity contribution in [1.29, 1.82) is 0 Å². The summed E-state index contributed by atoms with van der Waals surface area (Å²) in [6, 6.07) is 4.88. The van der Waals surface area contributed by atoms with E-state index in [0.29, 0.717) is 5.69 Å². The Labute approximate surface area is 109 Å². The van der Waals surface area contributed by atoms with Gasteiger partial charge in [-0.2, -0.15) is 0 Å². The van der Waals surface area contributed by atoms with Crippen LogP contribution in [0.2, 0.25) is 0 Å². The van der Waals surface area contributed by atoms with Gasteiger partial charge in [0, 0.05) is 11.0 Å². The first-order valence-electron chi connectivity index (χ1n) is 5.45. The van der Waals surface area contributed by atoms with E-state index in [1.807, 2.05) is 13.8 Å². The van der Waals surface area contributed by atoms with Crippen LogP contribution in [0.25, 0.3) is 0 Å². The molecule has 0 fully saturated rings. The lowest BCUT2D eigenvalue weighted by atomic mass is 9.95. The molecule has 1 aromatic rings. The predicted octanol–water partition coefficient (Wildman–Crippen LogP) is 2.32. The molecule has 0 aromatic heterocycles. The number of anilines is 1. The monoisotopic (exact) mass is 300 g/mol. The number of amides is 1. The first-order valence-corrected chi connectivity index (χ1v) is 6.24. The standard InChI is InChI=1S/C12H17BrN2O2/c1-7(2)9(6-14)12(17)15-10-5-8(13)3-4-11(10)16/h3-5,7,9,16H,6,14H2,1-2H3,(H,15,17). The van der Waals surface area contributed by atoms with E-state index in [9.17, 15) is 9.90 Å². The van der Waals surface area contributed by atoms with Crippen molar-refractivity contribution >= 4 is 27.5 Å². The lowest BCUT2D eigenvalue weighted by molar-refractivity contribution is -0.120. The third-order valence-electron chi connectivity index (χ3n) is 2.61. The first-order chi connectivity index (χ1) is 7.95. The zero-order valence-corrected chi connectivity index (χ0v) is 11.5. The second-order valence-electron chi connectivity index (χ2n) is 4.24. The highest BCUT2D eigenvalue weighted by molar-refractivity contribution is 9.10. The van der Waals surface area contributed by atoms with Crippen LogP contribution in [0, 0.1) is 11.8 Å². The topological polar surface area (TPSA) is 75.4 Å². The van der Waals surface area contributed by atoms with Crippen molar-refractivity contribution in [3.05, 3.63) is 22.7 Å². The van der Waals surface area contributed by atoms with E-state index in [2.05, 4.69) is 21.2 Å². The van der Waals surface area contributed by atoms with Crippen LogP contribution in [-0.2, 0) is 4.79 Å². The molecule has 4 nitrogen and oxygen atoms in total. The molecule has 0 spiro atoms. The van der Waals surface area contributed by atoms with Crippen molar-refractivity contribution in [2.75, 3.05) is 11.9 Å². The fourth-order valence-electron chi connectivity index (χ4n) is 1.52. The summed E-state index contributed by atoms with van der Waals surface area (Å²) in [7, 11) is 0. The number of nitrogens with one attached hydrogen (secondary N) is 1. The van der Waals surface area contributed by atoms with Crippen molar-refractivity contribution in [2.24, 2.45) is 17.6 Å². The van der Waals surface area contributed by atoms with Crippen molar-refractivity contribution in [3.8, 4) is 5.75 Å². The first kappa shape index (κ1) is 14.0. The van der Waals surface area contributed by atoms with Crippen LogP contribution in [0.1, 0.15) is 13.8 Å². The van der Waals surface area contributed by atoms with Crippen LogP contribution >= 0.6 is 15.9 Å². The third kappa shape index (κ3) is 3.71. The molecule has 94 valence electrons. The molecule has 0 aliphatic heterocycles. The summed E-state index contributed by atoms with van der Waals surface area (Å²) in [6.07, 6.45) is 0. The van der Waals surface area contributed by atoms with Gasteiger partial charge >= 0.3 is 0 Å². The van der Waals surface area contributed by atoms with Crippen molar-refractivity contribution in [2.45, 2.75) is 13.8 Å². The highest BCUT2D eigenvalue weighted by Crippen LogP contribution is 2.27. The van der Waals surface area contributed by atoms with Gasteiger partial charge in [-0.1, -0.05) is 29.8 Å². The Morgan fingerprint density at radius 3 is 2.71 bits per heavy atom. The molecule has 1 aromatic carbocycles. The average Bonchev–Trinajstić information content (AvgIpc) is 2.24. The van der Waals surface area contributed by atoms with Gasteiger partial charge in [0.2, 0.25) is 5.91 Å². The molecule has 0 saturated heterocycles. The molecule has 1 rings (SSSR count). The number of halogens is 1. The normalized spacial score (nSPS) is 12.5. The van der Waals surface area contributed by atoms with Crippen molar-refractivity contribution in [1.82, 2.24) is 0 Å². The number of hydrogen-bond acceptors (Lipinski definition) is 3. The molecular weight excluding hydrogens is 284 g/mol. The maximum absolute atomic E-state index is 11.9. The number of rotatable bonds is 4. The summed E-state index contributed by atoms with van der Waals surface area (Å²) >= 11 is 3.28. The van der Waals surface area contributed by atoms with E-state index >= 15 is 0 Å². The summed E-state index contributed by atoms with van der Waals surface area (Å²) in [5.41, 5.74) is 5.96. The molecule has 17 heavy (non-hydrogen) atoms. The number of carbonyl (C=O) groups excluding carboxylic acids is 1. The summed E-state index contributed by atoms with van der Waals surface area (Å²) in [5.74, 6) is -0.223. The maximum atomic E-state index is 11.9. The number of carbonyl (C=O) groups is 1. The molecule has 5 heteroatoms. The number of nitrogens with two attached hydrogens (primary N) is 1. The lowest BCUT2D eigenvalue weighted by Gasteiger charge is -2.18. The van der Waals surface area contributed by atoms with Crippen LogP contribution < -0.4 is 11.1 Å². The molecule has 0 bridgehead atoms. The highest BCUT2D eigenvalue weighted by Gasteiger charge is 2.21. The minimum Gasteiger partial charge on any atom is -0.506 e. The van der Waals surface area contributed by atoms with E-state index in [1.165, 1.54) is 6.07 Å². The van der Waals surface area contributed by atoms with Gasteiger partial charge in [-0.15, -0.1) is 0 Å². The zero-order valence-electron chi connectivity index (χ0n) is 9.90. The Kier molecular flexibility index (Phi) is 4.96. The van der Waals surface area contributed by atoms with Gasteiger partial charge in [-0.05, 0) is 24.1 Å². The molecule has 0 heterocycles. The van der Waals surface area contributed by atoms with Crippen LogP contribution in [0.15, 0.2) is 22.7 Å². The molecule has 0 radical (unpaired) electrons. The van der Waals surface area contributed by atoms with E-state index in [-0.39, 0.29) is 30.0 Å². The summed E-state index contributed by atoms with van der Waals surface area (Å²) < 4.78 is 0.791. The van der Waals surface area contributed by atoms with Gasteiger partial charge in [-0.25, -0.2) is 0 Å². The Morgan fingerprint density at radius 1 is 1.53 bits per heavy atom. The zero-order chi connectivity index (χ0) is 13.0. The second kappa shape index (κ2) is 6.02. The summed E-state index contributed by atoms with van der Waals surface area (Å²) in [4.78, 5) is 11.9. The van der Waals surface area contributed by atoms with Crippen molar-refractivity contribution < 1.29 is 9.90 Å². The van der Waals surface area contributed by atoms with Crippen LogP contribution in [0.5, 0.6) is 5.75 Å². The van der Waals surface area contributed by atoms with E-state index < -0.39 is 0 Å². The summed E-state index contributed by atoms with van der Waals surface area (Å²) in [5, 5.41) is 12.3. The quantitative estimate of drug-likeness (QED) is 0.747. The number of benzene rings is 1. The van der Waals surface area contributed by atoms with Gasteiger partial charge in [-0.3, -0.25) is 4.79 Å². The third-order valence-corrected chi connectivity index (χ3v) is 3.11. The number of phenols is 1. The van der Waals surface area contributed by atoms with Crippen molar-refractivity contribution in [3.63, 3.8) is 0 Å². The Bertz CT molecular complexity index is 407. The van der Waals surface area contributed by atoms with E-state index in [0.717, 1.165) is 4.47 Å². The minimum absolute atomic E-state index is 0.0427. The molecule has 0 aliphatic rings. The van der Waals surface area contributed by atoms with Gasteiger partial charge < -0.3 is 16.2 Å². The SMILES string of the molecule is CC(C)C(CN)C(=O)Nc1cc(Br)ccc1O. The van der Waals surface area contributed by atoms with Gasteiger partial charge in [0.05, 0.1) is 11.6 Å². The van der Waals surface area contributed by atoms with Gasteiger partial charge in [0.1, 0.15) is 5.75 Å². The fraction of sp³-hybridized carbons (Fsp3) is 0.417. The number of hydrogen-bond donors (Lipinski definition) is 3. The highest BCUT2D eigenvalue weighted by atomic mass is 79.9. The molecule has 1 atom stereocenters. The van der Waals surface area contributed by atoms with E-state index in [4.69, 9.17) is 5.73 Å². The predicted molar refractivity (Wildman–Crippen MR) is 71.8 cm³/mol. The van der Waals surface area contributed by atoms with E-state index in [1.54, 1.807) is 12.1 Å². The molecule has 0 saturated carbocycles. The lowest BCUT2D eigenvalue weighted by Crippen LogP contribution is -2.33. The second-order valence-corrected chi connectivity index (χ2v) is 5.15. The Balaban J connectivity index is 2.83. The van der Waals surface area contributed by atoms with Crippen LogP contribution in [0.3, 0.4) is 0 Å². The van der Waals surface area contributed by atoms with Gasteiger partial charge in [0.15, 0.2) is 0 Å². The number of aromatic hydroxyl groups is 1. The molecule has 1 amide bonds. The van der Waals surface area contributed by atoms with Crippen LogP contribution in [-0.4, -0.2) is 17.6 Å². The maximum Gasteiger partial charge on any atom is 0.229 e. The summed E-state index contributed by atoms with van der Waals surface area (Å²) in [6.45, 7) is 4.17. The molecule has 4 N–H and O–H groups in total. The van der Waals surface area contributed by atoms with Crippen LogP contribution in [0.4, 0.5) is 5.69 Å². The molecule has 1 unspecified atom stereocenters. The Morgan fingerprint density at radius 2 is 2.18 bits per heavy atom. The molecular formula is C12H17BrN2O2. The minimum atomic E-state index is -0.256. The number of phenolic OH excluding ortho intramolecular Hbond substituents is 1. The smallest absolute Gasteiger partial charge is 0.229 e. The van der Waals surface area contributed by atoms with Gasteiger partial charge in [0.25, 0.3) is 0 Å². The average molecular weight is 301 g/mol.